The highest BCUT2D eigenvalue weighted by Gasteiger charge is 2.27. The standard InChI is InChI=1S/C12H15FN2/c1-9(2)12(3,8-14)15-11-6-4-10(13)5-7-11/h4-7,9,15H,1-3H3. The molecule has 15 heavy (non-hydrogen) atoms. The molecule has 1 atom stereocenters. The summed E-state index contributed by atoms with van der Waals surface area (Å²) in [5, 5.41) is 12.2. The smallest absolute Gasteiger partial charge is 0.124 e. The van der Waals surface area contributed by atoms with Crippen LogP contribution in [0.2, 0.25) is 0 Å². The van der Waals surface area contributed by atoms with Crippen LogP contribution in [0.25, 0.3) is 0 Å². The zero-order valence-electron chi connectivity index (χ0n) is 9.21. The Morgan fingerprint density at radius 3 is 2.27 bits per heavy atom. The predicted octanol–water partition coefficient (Wildman–Crippen LogP) is 3.18. The van der Waals surface area contributed by atoms with Gasteiger partial charge in [0.05, 0.1) is 6.07 Å². The third-order valence-corrected chi connectivity index (χ3v) is 2.64. The van der Waals surface area contributed by atoms with Crippen LogP contribution in [0.15, 0.2) is 24.3 Å². The van der Waals surface area contributed by atoms with E-state index in [9.17, 15) is 4.39 Å². The van der Waals surface area contributed by atoms with Crippen LogP contribution in [0.4, 0.5) is 10.1 Å². The van der Waals surface area contributed by atoms with Gasteiger partial charge in [0.2, 0.25) is 0 Å². The number of anilines is 1. The number of rotatable bonds is 3. The van der Waals surface area contributed by atoms with E-state index in [2.05, 4.69) is 11.4 Å². The molecule has 0 saturated carbocycles. The van der Waals surface area contributed by atoms with Gasteiger partial charge in [-0.1, -0.05) is 13.8 Å². The van der Waals surface area contributed by atoms with E-state index in [1.165, 1.54) is 12.1 Å². The van der Waals surface area contributed by atoms with Gasteiger partial charge < -0.3 is 5.32 Å². The van der Waals surface area contributed by atoms with Gasteiger partial charge >= 0.3 is 0 Å². The first-order valence-electron chi connectivity index (χ1n) is 4.93. The Morgan fingerprint density at radius 1 is 1.33 bits per heavy atom. The molecule has 80 valence electrons. The maximum atomic E-state index is 12.7. The van der Waals surface area contributed by atoms with Gasteiger partial charge in [-0.3, -0.25) is 0 Å². The lowest BCUT2D eigenvalue weighted by atomic mass is 9.90. The maximum Gasteiger partial charge on any atom is 0.124 e. The van der Waals surface area contributed by atoms with Crippen molar-refractivity contribution in [3.63, 3.8) is 0 Å². The number of benzene rings is 1. The number of nitriles is 1. The summed E-state index contributed by atoms with van der Waals surface area (Å²) in [7, 11) is 0. The van der Waals surface area contributed by atoms with E-state index >= 15 is 0 Å². The molecule has 0 aliphatic heterocycles. The van der Waals surface area contributed by atoms with Crippen molar-refractivity contribution in [3.05, 3.63) is 30.1 Å². The molecule has 0 bridgehead atoms. The van der Waals surface area contributed by atoms with Crippen LogP contribution < -0.4 is 5.32 Å². The zero-order chi connectivity index (χ0) is 11.5. The predicted molar refractivity (Wildman–Crippen MR) is 58.9 cm³/mol. The molecule has 2 nitrogen and oxygen atoms in total. The van der Waals surface area contributed by atoms with Crippen molar-refractivity contribution in [2.75, 3.05) is 5.32 Å². The first-order chi connectivity index (χ1) is 6.98. The number of hydrogen-bond donors (Lipinski definition) is 1. The van der Waals surface area contributed by atoms with Gasteiger partial charge in [0, 0.05) is 5.69 Å². The van der Waals surface area contributed by atoms with Gasteiger partial charge in [0.25, 0.3) is 0 Å². The monoisotopic (exact) mass is 206 g/mol. The summed E-state index contributed by atoms with van der Waals surface area (Å²) >= 11 is 0. The molecular weight excluding hydrogens is 191 g/mol. The van der Waals surface area contributed by atoms with Crippen LogP contribution in [0.3, 0.4) is 0 Å². The van der Waals surface area contributed by atoms with Crippen molar-refractivity contribution in [1.82, 2.24) is 0 Å². The largest absolute Gasteiger partial charge is 0.367 e. The zero-order valence-corrected chi connectivity index (χ0v) is 9.21. The minimum atomic E-state index is -0.627. The summed E-state index contributed by atoms with van der Waals surface area (Å²) in [6.45, 7) is 5.78. The second-order valence-corrected chi connectivity index (χ2v) is 4.10. The van der Waals surface area contributed by atoms with E-state index < -0.39 is 5.54 Å². The highest BCUT2D eigenvalue weighted by atomic mass is 19.1. The fraction of sp³-hybridized carbons (Fsp3) is 0.417. The molecule has 1 aromatic rings. The maximum absolute atomic E-state index is 12.7. The number of hydrogen-bond acceptors (Lipinski definition) is 2. The number of halogens is 1. The van der Waals surface area contributed by atoms with Gasteiger partial charge in [0.15, 0.2) is 0 Å². The molecule has 1 aromatic carbocycles. The van der Waals surface area contributed by atoms with Crippen molar-refractivity contribution in [1.29, 1.82) is 5.26 Å². The Bertz CT molecular complexity index is 364. The average Bonchev–Trinajstić information content (AvgIpc) is 2.21. The fourth-order valence-corrected chi connectivity index (χ4v) is 1.13. The normalized spacial score (nSPS) is 14.4. The Kier molecular flexibility index (Phi) is 3.31. The van der Waals surface area contributed by atoms with Crippen LogP contribution in [0.5, 0.6) is 0 Å². The molecule has 1 N–H and O–H groups in total. The highest BCUT2D eigenvalue weighted by Crippen LogP contribution is 2.22. The number of nitrogens with one attached hydrogen (secondary N) is 1. The third kappa shape index (κ3) is 2.69. The van der Waals surface area contributed by atoms with E-state index in [1.54, 1.807) is 12.1 Å². The van der Waals surface area contributed by atoms with Crippen molar-refractivity contribution >= 4 is 5.69 Å². The second kappa shape index (κ2) is 4.31. The molecular formula is C12H15FN2. The summed E-state index contributed by atoms with van der Waals surface area (Å²) in [6.07, 6.45) is 0. The summed E-state index contributed by atoms with van der Waals surface area (Å²) < 4.78 is 12.7. The summed E-state index contributed by atoms with van der Waals surface area (Å²) in [4.78, 5) is 0. The van der Waals surface area contributed by atoms with Crippen LogP contribution >= 0.6 is 0 Å². The molecule has 0 aliphatic rings. The lowest BCUT2D eigenvalue weighted by Crippen LogP contribution is -2.38. The van der Waals surface area contributed by atoms with Gasteiger partial charge in [-0.15, -0.1) is 0 Å². The Morgan fingerprint density at radius 2 is 1.87 bits per heavy atom. The van der Waals surface area contributed by atoms with Crippen molar-refractivity contribution in [2.45, 2.75) is 26.3 Å². The highest BCUT2D eigenvalue weighted by molar-refractivity contribution is 5.47. The van der Waals surface area contributed by atoms with E-state index in [-0.39, 0.29) is 11.7 Å². The van der Waals surface area contributed by atoms with E-state index in [1.807, 2.05) is 20.8 Å². The van der Waals surface area contributed by atoms with Crippen molar-refractivity contribution < 1.29 is 4.39 Å². The third-order valence-electron chi connectivity index (χ3n) is 2.64. The molecule has 0 fully saturated rings. The van der Waals surface area contributed by atoms with Crippen molar-refractivity contribution in [2.24, 2.45) is 5.92 Å². The van der Waals surface area contributed by atoms with Crippen LogP contribution in [-0.4, -0.2) is 5.54 Å². The molecule has 0 amide bonds. The van der Waals surface area contributed by atoms with Crippen LogP contribution in [-0.2, 0) is 0 Å². The van der Waals surface area contributed by atoms with Gasteiger partial charge in [-0.25, -0.2) is 4.39 Å². The van der Waals surface area contributed by atoms with Crippen LogP contribution in [0, 0.1) is 23.1 Å². The van der Waals surface area contributed by atoms with Gasteiger partial charge in [-0.05, 0) is 37.1 Å². The average molecular weight is 206 g/mol. The first kappa shape index (κ1) is 11.5. The summed E-state index contributed by atoms with van der Waals surface area (Å²) in [6, 6.07) is 8.25. The topological polar surface area (TPSA) is 35.8 Å². The molecule has 0 spiro atoms. The molecule has 0 saturated heterocycles. The minimum absolute atomic E-state index is 0.174. The molecule has 1 rings (SSSR count). The molecule has 0 heterocycles. The molecule has 0 radical (unpaired) electrons. The van der Waals surface area contributed by atoms with E-state index in [0.29, 0.717) is 0 Å². The summed E-state index contributed by atoms with van der Waals surface area (Å²) in [5.74, 6) is -0.101. The lowest BCUT2D eigenvalue weighted by Gasteiger charge is -2.28. The van der Waals surface area contributed by atoms with Crippen molar-refractivity contribution in [3.8, 4) is 6.07 Å². The first-order valence-corrected chi connectivity index (χ1v) is 4.93. The lowest BCUT2D eigenvalue weighted by molar-refractivity contribution is 0.464. The minimum Gasteiger partial charge on any atom is -0.367 e. The number of nitrogens with zero attached hydrogens (tertiary/aromatic N) is 1. The Labute approximate surface area is 89.7 Å². The Hall–Kier alpha value is -1.56. The molecule has 3 heteroatoms. The second-order valence-electron chi connectivity index (χ2n) is 4.10. The van der Waals surface area contributed by atoms with Gasteiger partial charge in [0.1, 0.15) is 11.4 Å². The molecule has 1 unspecified atom stereocenters. The molecule has 0 aromatic heterocycles. The van der Waals surface area contributed by atoms with Crippen LogP contribution in [0.1, 0.15) is 20.8 Å². The fourth-order valence-electron chi connectivity index (χ4n) is 1.13. The Balaban J connectivity index is 2.85. The quantitative estimate of drug-likeness (QED) is 0.824. The van der Waals surface area contributed by atoms with E-state index in [4.69, 9.17) is 5.26 Å². The van der Waals surface area contributed by atoms with E-state index in [0.717, 1.165) is 5.69 Å². The molecule has 0 aliphatic carbocycles. The van der Waals surface area contributed by atoms with Gasteiger partial charge in [-0.2, -0.15) is 5.26 Å². The summed E-state index contributed by atoms with van der Waals surface area (Å²) in [5.41, 5.74) is 0.131. The SMILES string of the molecule is CC(C)C(C)(C#N)Nc1ccc(F)cc1.